The second-order valence-corrected chi connectivity index (χ2v) is 12.2. The summed E-state index contributed by atoms with van der Waals surface area (Å²) < 4.78 is 6.26. The van der Waals surface area contributed by atoms with E-state index in [9.17, 15) is 29.6 Å². The molecule has 234 valence electrons. The lowest BCUT2D eigenvalue weighted by Crippen LogP contribution is -3.16. The number of quaternary nitrogens is 1. The van der Waals surface area contributed by atoms with Gasteiger partial charge in [0.25, 0.3) is 11.6 Å². The zero-order chi connectivity index (χ0) is 29.3. The monoisotopic (exact) mass is 608 g/mol. The van der Waals surface area contributed by atoms with Gasteiger partial charge in [-0.3, -0.25) is 19.7 Å². The second kappa shape index (κ2) is 11.4. The summed E-state index contributed by atoms with van der Waals surface area (Å²) >= 11 is 0. The van der Waals surface area contributed by atoms with Crippen LogP contribution < -0.4 is 20.2 Å². The van der Waals surface area contributed by atoms with Gasteiger partial charge in [-0.1, -0.05) is 24.3 Å². The Morgan fingerprint density at radius 3 is 2.59 bits per heavy atom. The van der Waals surface area contributed by atoms with E-state index in [1.165, 1.54) is 68.4 Å². The number of nitrogens with zero attached hydrogens (tertiary/aromatic N) is 2. The molecule has 2 aromatic carbocycles. The molecule has 0 radical (unpaired) electrons. The number of anilines is 1. The number of fused-ring (bicyclic) bond motifs is 2. The quantitative estimate of drug-likeness (QED) is 0.238. The number of hydrogen-bond acceptors (Lipinski definition) is 7. The molecule has 3 saturated heterocycles. The Morgan fingerprint density at radius 2 is 1.89 bits per heavy atom. The number of nitro benzene ring substituents is 1. The van der Waals surface area contributed by atoms with Gasteiger partial charge in [0.1, 0.15) is 6.04 Å². The number of carbonyl (C=O) groups excluding carboxylic acids is 3. The number of piperidine rings is 2. The number of carboxylic acids is 1. The Hall–Kier alpha value is -4.17. The van der Waals surface area contributed by atoms with E-state index in [0.717, 1.165) is 0 Å². The lowest BCUT2D eigenvalue weighted by molar-refractivity contribution is -0.916. The van der Waals surface area contributed by atoms with Gasteiger partial charge in [-0.25, -0.2) is 0 Å². The normalized spacial score (nSPS) is 31.8. The number of nitrogens with one attached hydrogen (secondary N) is 2. The Balaban J connectivity index is 0.000000181. The van der Waals surface area contributed by atoms with Gasteiger partial charge in [0.2, 0.25) is 5.91 Å². The predicted molar refractivity (Wildman–Crippen MR) is 155 cm³/mol. The van der Waals surface area contributed by atoms with Crippen LogP contribution in [0, 0.1) is 22.0 Å². The van der Waals surface area contributed by atoms with Crippen molar-refractivity contribution in [2.24, 2.45) is 11.8 Å². The van der Waals surface area contributed by atoms with Crippen LogP contribution in [0.5, 0.6) is 0 Å². The molecule has 6 aliphatic rings. The summed E-state index contributed by atoms with van der Waals surface area (Å²) in [7, 11) is 0. The molecule has 4 fully saturated rings. The molecule has 1 spiro atoms. The first kappa shape index (κ1) is 31.3. The third-order valence-electron chi connectivity index (χ3n) is 10.4. The van der Waals surface area contributed by atoms with Gasteiger partial charge < -0.3 is 40.7 Å². The Bertz CT molecular complexity index is 1530. The fourth-order valence-electron chi connectivity index (χ4n) is 8.80. The zero-order valence-corrected chi connectivity index (χ0v) is 24.2. The largest absolute Gasteiger partial charge is 0.548 e. The number of para-hydroxylation sites is 1. The van der Waals surface area contributed by atoms with Crippen LogP contribution >= 0.6 is 0 Å². The molecule has 2 amide bonds. The molecular weight excluding hydrogens is 572 g/mol. The Labute approximate surface area is 253 Å². The highest BCUT2D eigenvalue weighted by molar-refractivity contribution is 5.99. The van der Waals surface area contributed by atoms with Gasteiger partial charge >= 0.3 is 0 Å². The van der Waals surface area contributed by atoms with Gasteiger partial charge in [-0.15, -0.1) is 0 Å². The summed E-state index contributed by atoms with van der Waals surface area (Å²) in [4.78, 5) is 48.8. The molecule has 6 N–H and O–H groups in total. The summed E-state index contributed by atoms with van der Waals surface area (Å²) in [6.45, 7) is 4.41. The standard InChI is InChI=1S/C21H22N2O2.C10H10N2O5.2H2O/c24-18-10-16-19-13-9-17-21(6-7-22(17)11-12(13)5-8-25-16)14-3-1-2-4-15(14)23(18)20(19)21;1-6(10(14)15)11-9(13)7-2-4-8(5-3-7)12(16)17;;/h1-5,13,16-17,19-20H,6-11H2;2-6H,1H3,(H,11,13)(H,14,15);2*1H2/t13-,16-,17-,19-,20-,21+;6-;;/m01../s1. The molecule has 5 aliphatic heterocycles. The number of amides is 2. The van der Waals surface area contributed by atoms with Crippen molar-refractivity contribution < 1.29 is 45.0 Å². The zero-order valence-electron chi connectivity index (χ0n) is 24.2. The van der Waals surface area contributed by atoms with Crippen molar-refractivity contribution in [1.82, 2.24) is 5.32 Å². The van der Waals surface area contributed by atoms with Crippen molar-refractivity contribution in [2.45, 2.75) is 55.8 Å². The molecule has 1 aliphatic carbocycles. The molecular formula is C31H36N4O9. The number of carboxylic acid groups (broad SMARTS) is 1. The molecule has 13 nitrogen and oxygen atoms in total. The number of benzene rings is 2. The van der Waals surface area contributed by atoms with Crippen LogP contribution in [0.4, 0.5) is 11.4 Å². The van der Waals surface area contributed by atoms with Crippen molar-refractivity contribution in [3.63, 3.8) is 0 Å². The number of hydrogen-bond donors (Lipinski definition) is 2. The third-order valence-corrected chi connectivity index (χ3v) is 10.4. The average Bonchev–Trinajstić information content (AvgIpc) is 3.46. The minimum Gasteiger partial charge on any atom is -0.548 e. The highest BCUT2D eigenvalue weighted by Gasteiger charge is 2.73. The molecule has 2 aromatic rings. The summed E-state index contributed by atoms with van der Waals surface area (Å²) in [5.41, 5.74) is 4.46. The van der Waals surface area contributed by atoms with E-state index in [-0.39, 0.29) is 39.6 Å². The summed E-state index contributed by atoms with van der Waals surface area (Å²) in [6.07, 6.45) is 5.54. The van der Waals surface area contributed by atoms with E-state index in [4.69, 9.17) is 4.74 Å². The van der Waals surface area contributed by atoms with Crippen molar-refractivity contribution in [3.05, 3.63) is 81.4 Å². The smallest absolute Gasteiger partial charge is 0.269 e. The molecule has 1 saturated carbocycles. The van der Waals surface area contributed by atoms with Crippen LogP contribution in [0.2, 0.25) is 0 Å². The van der Waals surface area contributed by atoms with Gasteiger partial charge in [-0.2, -0.15) is 0 Å². The minimum absolute atomic E-state index is 0. The number of aliphatic carboxylic acids is 1. The van der Waals surface area contributed by atoms with Gasteiger partial charge in [0.05, 0.1) is 60.6 Å². The lowest BCUT2D eigenvalue weighted by Gasteiger charge is -2.56. The maximum atomic E-state index is 13.2. The molecule has 0 aromatic heterocycles. The van der Waals surface area contributed by atoms with Crippen molar-refractivity contribution >= 4 is 29.2 Å². The maximum Gasteiger partial charge on any atom is 0.269 e. The number of ether oxygens (including phenoxy) is 1. The van der Waals surface area contributed by atoms with Crippen molar-refractivity contribution in [3.8, 4) is 0 Å². The summed E-state index contributed by atoms with van der Waals surface area (Å²) in [5, 5.41) is 22.9. The van der Waals surface area contributed by atoms with Crippen LogP contribution in [0.1, 0.15) is 42.1 Å². The SMILES string of the molecule is C[C@@H](NC(=O)c1ccc([N+](=O)[O-])cc1)C(=O)[O-].O.O.O=C1C[C@@H]2OCC=C3C[NH+]4CC[C@]56c7ccccc7N1[C@H]5[C@H]2[C@H]3C[C@H]46. The molecule has 8 atom stereocenters. The maximum absolute atomic E-state index is 13.2. The Morgan fingerprint density at radius 1 is 1.16 bits per heavy atom. The molecule has 8 rings (SSSR count). The van der Waals surface area contributed by atoms with E-state index in [0.29, 0.717) is 36.9 Å². The highest BCUT2D eigenvalue weighted by atomic mass is 16.6. The minimum atomic E-state index is -1.40. The molecule has 1 unspecified atom stereocenters. The van der Waals surface area contributed by atoms with Gasteiger partial charge in [0, 0.05) is 42.1 Å². The first-order valence-electron chi connectivity index (χ1n) is 14.5. The van der Waals surface area contributed by atoms with Crippen molar-refractivity contribution in [2.75, 3.05) is 24.6 Å². The van der Waals surface area contributed by atoms with Crippen molar-refractivity contribution in [1.29, 1.82) is 0 Å². The van der Waals surface area contributed by atoms with E-state index < -0.39 is 22.8 Å². The lowest BCUT2D eigenvalue weighted by atomic mass is 9.53. The van der Waals surface area contributed by atoms with E-state index >= 15 is 0 Å². The number of non-ortho nitro benzene ring substituents is 1. The van der Waals surface area contributed by atoms with Gasteiger partial charge in [0.15, 0.2) is 0 Å². The fraction of sp³-hybridized carbons (Fsp3) is 0.452. The molecule has 2 bridgehead atoms. The van der Waals surface area contributed by atoms with Gasteiger partial charge in [-0.05, 0) is 42.2 Å². The number of carbonyl (C=O) groups is 3. The number of rotatable bonds is 4. The van der Waals surface area contributed by atoms with Crippen LogP contribution in [0.15, 0.2) is 60.2 Å². The average molecular weight is 609 g/mol. The van der Waals surface area contributed by atoms with E-state index in [1.54, 1.807) is 10.5 Å². The predicted octanol–water partition coefficient (Wildman–Crippen LogP) is -1.51. The van der Waals surface area contributed by atoms with E-state index in [2.05, 4.69) is 40.6 Å². The summed E-state index contributed by atoms with van der Waals surface area (Å²) in [6, 6.07) is 13.5. The second-order valence-electron chi connectivity index (χ2n) is 12.2. The summed E-state index contributed by atoms with van der Waals surface area (Å²) in [5.74, 6) is -0.638. The number of nitro groups is 1. The first-order valence-corrected chi connectivity index (χ1v) is 14.5. The van der Waals surface area contributed by atoms with Crippen LogP contribution in [-0.4, -0.2) is 77.6 Å². The first-order chi connectivity index (χ1) is 20.2. The fourth-order valence-corrected chi connectivity index (χ4v) is 8.80. The van der Waals surface area contributed by atoms with E-state index in [1.807, 2.05) is 0 Å². The highest BCUT2D eigenvalue weighted by Crippen LogP contribution is 2.62. The molecule has 13 heteroatoms. The topological polar surface area (TPSA) is 209 Å². The Kier molecular flexibility index (Phi) is 8.10. The van der Waals surface area contributed by atoms with Crippen LogP contribution in [0.3, 0.4) is 0 Å². The molecule has 5 heterocycles. The van der Waals surface area contributed by atoms with Crippen LogP contribution in [0.25, 0.3) is 0 Å². The third kappa shape index (κ3) is 4.50. The van der Waals surface area contributed by atoms with Crippen LogP contribution in [-0.2, 0) is 19.7 Å². The molecule has 44 heavy (non-hydrogen) atoms.